The Kier molecular flexibility index (Phi) is 8.21. The fraction of sp³-hybridized carbons (Fsp3) is 0.500. The second-order valence-corrected chi connectivity index (χ2v) is 9.87. The molecule has 1 fully saturated rings. The van der Waals surface area contributed by atoms with Gasteiger partial charge in [-0.2, -0.15) is 0 Å². The van der Waals surface area contributed by atoms with Gasteiger partial charge >= 0.3 is 0 Å². The van der Waals surface area contributed by atoms with Crippen LogP contribution in [0.3, 0.4) is 0 Å². The van der Waals surface area contributed by atoms with Gasteiger partial charge in [-0.3, -0.25) is 14.6 Å². The van der Waals surface area contributed by atoms with Gasteiger partial charge in [0.25, 0.3) is 11.8 Å². The minimum absolute atomic E-state index is 0.118. The van der Waals surface area contributed by atoms with Gasteiger partial charge in [-0.25, -0.2) is 4.98 Å². The number of hydrogen-bond acceptors (Lipinski definition) is 6. The van der Waals surface area contributed by atoms with E-state index in [1.807, 2.05) is 13.8 Å². The van der Waals surface area contributed by atoms with Crippen LogP contribution in [0.25, 0.3) is 0 Å². The van der Waals surface area contributed by atoms with Crippen molar-refractivity contribution in [3.8, 4) is 17.7 Å². The number of amides is 2. The van der Waals surface area contributed by atoms with Crippen molar-refractivity contribution in [2.24, 2.45) is 11.8 Å². The number of rotatable bonds is 5. The SMILES string of the molecule is C[C@H](CO)N1C[C@H](C)[C@H](CN(C)C(=O)c2ccncc2)Oc2ncc(C#CC3CCCC3)cc2C1=O. The number of pyridine rings is 2. The van der Waals surface area contributed by atoms with E-state index in [1.165, 1.54) is 12.8 Å². The first-order valence-electron chi connectivity index (χ1n) is 12.6. The topological polar surface area (TPSA) is 95.9 Å². The van der Waals surface area contributed by atoms with Crippen molar-refractivity contribution in [3.05, 3.63) is 53.5 Å². The molecule has 1 saturated carbocycles. The molecule has 2 aromatic heterocycles. The highest BCUT2D eigenvalue weighted by atomic mass is 16.5. The van der Waals surface area contributed by atoms with Gasteiger partial charge in [0.2, 0.25) is 5.88 Å². The predicted molar refractivity (Wildman–Crippen MR) is 135 cm³/mol. The fourth-order valence-corrected chi connectivity index (χ4v) is 4.71. The third kappa shape index (κ3) is 5.85. The van der Waals surface area contributed by atoms with Crippen LogP contribution in [0.1, 0.15) is 65.8 Å². The second kappa shape index (κ2) is 11.5. The molecular weight excluding hydrogens is 456 g/mol. The molecule has 0 aromatic carbocycles. The Morgan fingerprint density at radius 1 is 1.31 bits per heavy atom. The predicted octanol–water partition coefficient (Wildman–Crippen LogP) is 3.01. The van der Waals surface area contributed by atoms with Crippen molar-refractivity contribution < 1.29 is 19.4 Å². The number of ether oxygens (including phenoxy) is 1. The molecule has 0 bridgehead atoms. The zero-order valence-electron chi connectivity index (χ0n) is 21.2. The molecule has 3 atom stereocenters. The van der Waals surface area contributed by atoms with Crippen LogP contribution in [0, 0.1) is 23.7 Å². The van der Waals surface area contributed by atoms with Gasteiger partial charge < -0.3 is 19.6 Å². The van der Waals surface area contributed by atoms with E-state index in [4.69, 9.17) is 4.74 Å². The molecule has 1 N–H and O–H groups in total. The third-order valence-electron chi connectivity index (χ3n) is 7.02. The molecule has 3 heterocycles. The molecule has 0 radical (unpaired) electrons. The Morgan fingerprint density at radius 2 is 2.03 bits per heavy atom. The maximum atomic E-state index is 13.5. The van der Waals surface area contributed by atoms with E-state index in [1.54, 1.807) is 53.6 Å². The van der Waals surface area contributed by atoms with Crippen LogP contribution in [0.5, 0.6) is 5.88 Å². The first kappa shape index (κ1) is 25.6. The van der Waals surface area contributed by atoms with Crippen LogP contribution in [-0.4, -0.2) is 75.6 Å². The van der Waals surface area contributed by atoms with Gasteiger partial charge in [-0.05, 0) is 38.0 Å². The Hall–Kier alpha value is -3.44. The van der Waals surface area contributed by atoms with Gasteiger partial charge in [0, 0.05) is 55.1 Å². The first-order valence-corrected chi connectivity index (χ1v) is 12.6. The molecule has 0 saturated heterocycles. The first-order chi connectivity index (χ1) is 17.4. The summed E-state index contributed by atoms with van der Waals surface area (Å²) in [4.78, 5) is 38.2. The van der Waals surface area contributed by atoms with Gasteiger partial charge in [0.1, 0.15) is 11.7 Å². The number of hydrogen-bond donors (Lipinski definition) is 1. The minimum Gasteiger partial charge on any atom is -0.472 e. The molecule has 2 aromatic rings. The highest BCUT2D eigenvalue weighted by molar-refractivity contribution is 5.97. The summed E-state index contributed by atoms with van der Waals surface area (Å²) in [5.41, 5.74) is 1.54. The molecule has 8 nitrogen and oxygen atoms in total. The number of fused-ring (bicyclic) bond motifs is 1. The third-order valence-corrected chi connectivity index (χ3v) is 7.02. The summed E-state index contributed by atoms with van der Waals surface area (Å²) in [5, 5.41) is 9.85. The Bertz CT molecular complexity index is 1140. The standard InChI is InChI=1S/C28H34N4O4/c1-19-16-32(20(2)18-33)28(35)24-14-22(9-8-21-6-4-5-7-21)15-30-26(24)36-25(19)17-31(3)27(34)23-10-12-29-13-11-23/h10-15,19-21,25,33H,4-7,16-18H2,1-3H3/t19-,20+,25-/m0/s1. The summed E-state index contributed by atoms with van der Waals surface area (Å²) < 4.78 is 6.30. The molecule has 4 rings (SSSR count). The lowest BCUT2D eigenvalue weighted by atomic mass is 9.99. The summed E-state index contributed by atoms with van der Waals surface area (Å²) in [6.07, 6.45) is 9.04. The van der Waals surface area contributed by atoms with E-state index < -0.39 is 6.10 Å². The normalized spacial score (nSPS) is 20.9. The van der Waals surface area contributed by atoms with Crippen LogP contribution in [-0.2, 0) is 0 Å². The number of carbonyl (C=O) groups is 2. The maximum Gasteiger partial charge on any atom is 0.259 e. The summed E-state index contributed by atoms with van der Waals surface area (Å²) in [5.74, 6) is 6.63. The summed E-state index contributed by atoms with van der Waals surface area (Å²) >= 11 is 0. The molecule has 0 unspecified atom stereocenters. The van der Waals surface area contributed by atoms with E-state index in [9.17, 15) is 14.7 Å². The fourth-order valence-electron chi connectivity index (χ4n) is 4.71. The van der Waals surface area contributed by atoms with E-state index in [-0.39, 0.29) is 36.3 Å². The van der Waals surface area contributed by atoms with Crippen molar-refractivity contribution in [1.82, 2.24) is 19.8 Å². The zero-order valence-corrected chi connectivity index (χ0v) is 21.2. The number of likely N-dealkylation sites (N-methyl/N-ethyl adjacent to an activating group) is 1. The van der Waals surface area contributed by atoms with Crippen molar-refractivity contribution in [1.29, 1.82) is 0 Å². The molecule has 1 aliphatic heterocycles. The Labute approximate surface area is 212 Å². The van der Waals surface area contributed by atoms with Crippen molar-refractivity contribution in [2.75, 3.05) is 26.7 Å². The van der Waals surface area contributed by atoms with Crippen molar-refractivity contribution in [3.63, 3.8) is 0 Å². The van der Waals surface area contributed by atoms with E-state index in [2.05, 4.69) is 21.8 Å². The monoisotopic (exact) mass is 490 g/mol. The number of nitrogens with zero attached hydrogens (tertiary/aromatic N) is 4. The van der Waals surface area contributed by atoms with E-state index in [0.717, 1.165) is 12.8 Å². The largest absolute Gasteiger partial charge is 0.472 e. The number of aromatic nitrogens is 2. The molecule has 1 aliphatic carbocycles. The van der Waals surface area contributed by atoms with Gasteiger partial charge in [0.15, 0.2) is 0 Å². The molecule has 0 spiro atoms. The number of aliphatic hydroxyl groups excluding tert-OH is 1. The van der Waals surface area contributed by atoms with Crippen LogP contribution >= 0.6 is 0 Å². The second-order valence-electron chi connectivity index (χ2n) is 9.87. The number of carbonyl (C=O) groups excluding carboxylic acids is 2. The molecular formula is C28H34N4O4. The van der Waals surface area contributed by atoms with Crippen molar-refractivity contribution in [2.45, 2.75) is 51.7 Å². The Balaban J connectivity index is 1.62. The molecule has 8 heteroatoms. The van der Waals surface area contributed by atoms with Crippen LogP contribution in [0.4, 0.5) is 0 Å². The van der Waals surface area contributed by atoms with Gasteiger partial charge in [0.05, 0.1) is 19.2 Å². The zero-order chi connectivity index (χ0) is 25.7. The van der Waals surface area contributed by atoms with Crippen LogP contribution < -0.4 is 4.74 Å². The molecule has 36 heavy (non-hydrogen) atoms. The van der Waals surface area contributed by atoms with Crippen molar-refractivity contribution >= 4 is 11.8 Å². The lowest BCUT2D eigenvalue weighted by Crippen LogP contribution is -2.50. The molecule has 190 valence electrons. The molecule has 2 amide bonds. The molecule has 2 aliphatic rings. The van der Waals surface area contributed by atoms with Gasteiger partial charge in [-0.15, -0.1) is 0 Å². The summed E-state index contributed by atoms with van der Waals surface area (Å²) in [7, 11) is 1.73. The van der Waals surface area contributed by atoms with E-state index >= 15 is 0 Å². The Morgan fingerprint density at radius 3 is 2.72 bits per heavy atom. The van der Waals surface area contributed by atoms with E-state index in [0.29, 0.717) is 35.7 Å². The lowest BCUT2D eigenvalue weighted by molar-refractivity contribution is 0.0313. The van der Waals surface area contributed by atoms with Crippen LogP contribution in [0.2, 0.25) is 0 Å². The lowest BCUT2D eigenvalue weighted by Gasteiger charge is -2.37. The quantitative estimate of drug-likeness (QED) is 0.648. The average Bonchev–Trinajstić information content (AvgIpc) is 3.43. The highest BCUT2D eigenvalue weighted by Gasteiger charge is 2.34. The highest BCUT2D eigenvalue weighted by Crippen LogP contribution is 2.28. The van der Waals surface area contributed by atoms with Gasteiger partial charge in [-0.1, -0.05) is 31.6 Å². The summed E-state index contributed by atoms with van der Waals surface area (Å²) in [6.45, 7) is 4.32. The maximum absolute atomic E-state index is 13.5. The minimum atomic E-state index is -0.413. The smallest absolute Gasteiger partial charge is 0.259 e. The average molecular weight is 491 g/mol. The van der Waals surface area contributed by atoms with Crippen LogP contribution in [0.15, 0.2) is 36.8 Å². The number of aliphatic hydroxyl groups is 1. The summed E-state index contributed by atoms with van der Waals surface area (Å²) in [6, 6.07) is 4.71.